The predicted octanol–water partition coefficient (Wildman–Crippen LogP) is 3.11. The van der Waals surface area contributed by atoms with Crippen molar-refractivity contribution in [2.45, 2.75) is 45.4 Å². The van der Waals surface area contributed by atoms with E-state index in [1.165, 1.54) is 24.0 Å². The first kappa shape index (κ1) is 12.6. The summed E-state index contributed by atoms with van der Waals surface area (Å²) in [4.78, 5) is 0. The average Bonchev–Trinajstić information content (AvgIpc) is 3.12. The minimum atomic E-state index is 0.264. The molecule has 0 spiro atoms. The lowest BCUT2D eigenvalue weighted by Crippen LogP contribution is -2.40. The third-order valence-electron chi connectivity index (χ3n) is 3.75. The van der Waals surface area contributed by atoms with E-state index >= 15 is 0 Å². The molecule has 0 unspecified atom stereocenters. The van der Waals surface area contributed by atoms with E-state index in [9.17, 15) is 0 Å². The SMILES string of the molecule is COCc1ccccc1CNC(C)(C)C1CC1. The Hall–Kier alpha value is -0.860. The summed E-state index contributed by atoms with van der Waals surface area (Å²) < 4.78 is 5.23. The molecule has 0 radical (unpaired) electrons. The smallest absolute Gasteiger partial charge is 0.0716 e. The monoisotopic (exact) mass is 233 g/mol. The molecule has 1 N–H and O–H groups in total. The minimum Gasteiger partial charge on any atom is -0.380 e. The summed E-state index contributed by atoms with van der Waals surface area (Å²) >= 11 is 0. The molecule has 0 bridgehead atoms. The Bertz CT molecular complexity index is 369. The first-order chi connectivity index (χ1) is 8.13. The second-order valence-corrected chi connectivity index (χ2v) is 5.55. The Morgan fingerprint density at radius 1 is 1.24 bits per heavy atom. The van der Waals surface area contributed by atoms with E-state index in [-0.39, 0.29) is 5.54 Å². The Labute approximate surface area is 104 Å². The van der Waals surface area contributed by atoms with E-state index in [1.54, 1.807) is 7.11 Å². The maximum Gasteiger partial charge on any atom is 0.0716 e. The molecule has 1 fully saturated rings. The van der Waals surface area contributed by atoms with Crippen LogP contribution in [-0.2, 0) is 17.9 Å². The van der Waals surface area contributed by atoms with Gasteiger partial charge < -0.3 is 10.1 Å². The van der Waals surface area contributed by atoms with Gasteiger partial charge in [0.05, 0.1) is 6.61 Å². The lowest BCUT2D eigenvalue weighted by atomic mass is 9.97. The minimum absolute atomic E-state index is 0.264. The van der Waals surface area contributed by atoms with Crippen molar-refractivity contribution in [2.24, 2.45) is 5.92 Å². The lowest BCUT2D eigenvalue weighted by Gasteiger charge is -2.27. The third kappa shape index (κ3) is 3.30. The molecule has 0 heterocycles. The van der Waals surface area contributed by atoms with Gasteiger partial charge >= 0.3 is 0 Å². The van der Waals surface area contributed by atoms with Gasteiger partial charge in [0.15, 0.2) is 0 Å². The second-order valence-electron chi connectivity index (χ2n) is 5.55. The molecule has 94 valence electrons. The number of nitrogens with one attached hydrogen (secondary N) is 1. The Balaban J connectivity index is 1.98. The molecular formula is C15H23NO. The molecule has 0 atom stereocenters. The van der Waals surface area contributed by atoms with E-state index in [1.807, 2.05) is 0 Å². The number of hydrogen-bond acceptors (Lipinski definition) is 2. The number of ether oxygens (including phenoxy) is 1. The van der Waals surface area contributed by atoms with Crippen LogP contribution in [0.2, 0.25) is 0 Å². The van der Waals surface area contributed by atoms with Crippen LogP contribution in [0.5, 0.6) is 0 Å². The molecule has 0 amide bonds. The summed E-state index contributed by atoms with van der Waals surface area (Å²) in [6.07, 6.45) is 2.75. The van der Waals surface area contributed by atoms with E-state index in [0.717, 1.165) is 12.5 Å². The molecule has 1 saturated carbocycles. The first-order valence-corrected chi connectivity index (χ1v) is 6.44. The summed E-state index contributed by atoms with van der Waals surface area (Å²) in [5, 5.41) is 3.68. The van der Waals surface area contributed by atoms with E-state index < -0.39 is 0 Å². The Morgan fingerprint density at radius 2 is 1.88 bits per heavy atom. The molecule has 17 heavy (non-hydrogen) atoms. The third-order valence-corrected chi connectivity index (χ3v) is 3.75. The summed E-state index contributed by atoms with van der Waals surface area (Å²) in [7, 11) is 1.75. The number of methoxy groups -OCH3 is 1. The van der Waals surface area contributed by atoms with Crippen LogP contribution >= 0.6 is 0 Å². The number of rotatable bonds is 6. The fourth-order valence-corrected chi connectivity index (χ4v) is 2.30. The topological polar surface area (TPSA) is 21.3 Å². The number of benzene rings is 1. The Kier molecular flexibility index (Phi) is 3.85. The molecule has 2 nitrogen and oxygen atoms in total. The highest BCUT2D eigenvalue weighted by atomic mass is 16.5. The summed E-state index contributed by atoms with van der Waals surface area (Å²) in [6.45, 7) is 6.25. The molecule has 1 aromatic rings. The zero-order chi connectivity index (χ0) is 12.3. The highest BCUT2D eigenvalue weighted by Gasteiger charge is 2.37. The fraction of sp³-hybridized carbons (Fsp3) is 0.600. The quantitative estimate of drug-likeness (QED) is 0.815. The second kappa shape index (κ2) is 5.19. The zero-order valence-electron chi connectivity index (χ0n) is 11.1. The van der Waals surface area contributed by atoms with Gasteiger partial charge in [-0.25, -0.2) is 0 Å². The number of hydrogen-bond donors (Lipinski definition) is 1. The van der Waals surface area contributed by atoms with E-state index in [2.05, 4.69) is 43.4 Å². The van der Waals surface area contributed by atoms with Crippen LogP contribution in [0, 0.1) is 5.92 Å². The predicted molar refractivity (Wildman–Crippen MR) is 70.8 cm³/mol. The maximum absolute atomic E-state index is 5.23. The van der Waals surface area contributed by atoms with Crippen molar-refractivity contribution in [2.75, 3.05) is 7.11 Å². The molecule has 2 rings (SSSR count). The van der Waals surface area contributed by atoms with Gasteiger partial charge in [-0.05, 0) is 43.7 Å². The van der Waals surface area contributed by atoms with Crippen molar-refractivity contribution in [3.8, 4) is 0 Å². The van der Waals surface area contributed by atoms with Gasteiger partial charge in [0.1, 0.15) is 0 Å². The van der Waals surface area contributed by atoms with Gasteiger partial charge in [-0.1, -0.05) is 24.3 Å². The van der Waals surface area contributed by atoms with Crippen molar-refractivity contribution in [1.29, 1.82) is 0 Å². The molecule has 2 heteroatoms. The molecule has 1 aliphatic carbocycles. The van der Waals surface area contributed by atoms with Crippen LogP contribution in [-0.4, -0.2) is 12.6 Å². The highest BCUT2D eigenvalue weighted by molar-refractivity contribution is 5.26. The van der Waals surface area contributed by atoms with Crippen LogP contribution in [0.1, 0.15) is 37.8 Å². The van der Waals surface area contributed by atoms with Crippen LogP contribution < -0.4 is 5.32 Å². The van der Waals surface area contributed by atoms with Crippen LogP contribution in [0.25, 0.3) is 0 Å². The van der Waals surface area contributed by atoms with Crippen molar-refractivity contribution >= 4 is 0 Å². The molecule has 0 saturated heterocycles. The van der Waals surface area contributed by atoms with Crippen LogP contribution in [0.4, 0.5) is 0 Å². The maximum atomic E-state index is 5.23. The van der Waals surface area contributed by atoms with Gasteiger partial charge in [0, 0.05) is 19.2 Å². The van der Waals surface area contributed by atoms with Crippen molar-refractivity contribution in [1.82, 2.24) is 5.32 Å². The molecule has 0 aliphatic heterocycles. The van der Waals surface area contributed by atoms with E-state index in [4.69, 9.17) is 4.74 Å². The van der Waals surface area contributed by atoms with E-state index in [0.29, 0.717) is 6.61 Å². The van der Waals surface area contributed by atoms with Crippen molar-refractivity contribution in [3.63, 3.8) is 0 Å². The van der Waals surface area contributed by atoms with Gasteiger partial charge in [-0.2, -0.15) is 0 Å². The summed E-state index contributed by atoms with van der Waals surface area (Å²) in [6, 6.07) is 8.50. The fourth-order valence-electron chi connectivity index (χ4n) is 2.30. The largest absolute Gasteiger partial charge is 0.380 e. The van der Waals surface area contributed by atoms with Crippen molar-refractivity contribution in [3.05, 3.63) is 35.4 Å². The standard InChI is InChI=1S/C15H23NO/c1-15(2,14-8-9-14)16-10-12-6-4-5-7-13(12)11-17-3/h4-7,14,16H,8-11H2,1-3H3. The zero-order valence-corrected chi connectivity index (χ0v) is 11.1. The van der Waals surface area contributed by atoms with Gasteiger partial charge in [-0.3, -0.25) is 0 Å². The molecular weight excluding hydrogens is 210 g/mol. The molecule has 1 aliphatic rings. The highest BCUT2D eigenvalue weighted by Crippen LogP contribution is 2.39. The van der Waals surface area contributed by atoms with Crippen molar-refractivity contribution < 1.29 is 4.74 Å². The normalized spacial score (nSPS) is 16.2. The van der Waals surface area contributed by atoms with Crippen LogP contribution in [0.3, 0.4) is 0 Å². The first-order valence-electron chi connectivity index (χ1n) is 6.44. The lowest BCUT2D eigenvalue weighted by molar-refractivity contribution is 0.183. The van der Waals surface area contributed by atoms with Gasteiger partial charge in [0.2, 0.25) is 0 Å². The van der Waals surface area contributed by atoms with Gasteiger partial charge in [-0.15, -0.1) is 0 Å². The summed E-state index contributed by atoms with van der Waals surface area (Å²) in [5.41, 5.74) is 2.90. The average molecular weight is 233 g/mol. The van der Waals surface area contributed by atoms with Gasteiger partial charge in [0.25, 0.3) is 0 Å². The Morgan fingerprint density at radius 3 is 2.47 bits per heavy atom. The molecule has 1 aromatic carbocycles. The summed E-state index contributed by atoms with van der Waals surface area (Å²) in [5.74, 6) is 0.858. The molecule has 0 aromatic heterocycles. The van der Waals surface area contributed by atoms with Crippen LogP contribution in [0.15, 0.2) is 24.3 Å².